The Morgan fingerprint density at radius 3 is 2.62 bits per heavy atom. The lowest BCUT2D eigenvalue weighted by Gasteiger charge is -2.41. The van der Waals surface area contributed by atoms with E-state index in [1.54, 1.807) is 0 Å². The van der Waals surface area contributed by atoms with E-state index in [2.05, 4.69) is 15.9 Å². The summed E-state index contributed by atoms with van der Waals surface area (Å²) >= 11 is 3.27. The van der Waals surface area contributed by atoms with Gasteiger partial charge in [0.25, 0.3) is 0 Å². The maximum absolute atomic E-state index is 13.7. The van der Waals surface area contributed by atoms with Crippen molar-refractivity contribution in [2.75, 3.05) is 13.7 Å². The van der Waals surface area contributed by atoms with E-state index in [9.17, 15) is 9.50 Å². The molecule has 16 heavy (non-hydrogen) atoms. The van der Waals surface area contributed by atoms with E-state index in [1.807, 2.05) is 6.07 Å². The van der Waals surface area contributed by atoms with Crippen LogP contribution in [0.2, 0.25) is 0 Å². The minimum Gasteiger partial charge on any atom is -0.493 e. The Hall–Kier alpha value is -0.610. The molecule has 1 N–H and O–H groups in total. The summed E-state index contributed by atoms with van der Waals surface area (Å²) in [7, 11) is 1.46. The first kappa shape index (κ1) is 11.9. The number of rotatable bonds is 3. The summed E-state index contributed by atoms with van der Waals surface area (Å²) < 4.78 is 19.5. The zero-order valence-corrected chi connectivity index (χ0v) is 10.7. The van der Waals surface area contributed by atoms with Crippen LogP contribution in [0.3, 0.4) is 0 Å². The van der Waals surface area contributed by atoms with Gasteiger partial charge in [-0.15, -0.1) is 0 Å². The van der Waals surface area contributed by atoms with Crippen LogP contribution in [0.25, 0.3) is 0 Å². The summed E-state index contributed by atoms with van der Waals surface area (Å²) in [6.07, 6.45) is 2.84. The van der Waals surface area contributed by atoms with Crippen LogP contribution in [0.1, 0.15) is 24.8 Å². The summed E-state index contributed by atoms with van der Waals surface area (Å²) in [5.74, 6) is -0.122. The minimum absolute atomic E-state index is 0.0409. The van der Waals surface area contributed by atoms with Crippen LogP contribution in [0.5, 0.6) is 5.75 Å². The normalized spacial score (nSPS) is 18.0. The van der Waals surface area contributed by atoms with Crippen molar-refractivity contribution in [3.8, 4) is 5.75 Å². The van der Waals surface area contributed by atoms with Gasteiger partial charge in [0.2, 0.25) is 0 Å². The molecule has 0 radical (unpaired) electrons. The lowest BCUT2D eigenvalue weighted by atomic mass is 9.65. The fraction of sp³-hybridized carbons (Fsp3) is 0.500. The average Bonchev–Trinajstić information content (AvgIpc) is 2.16. The highest BCUT2D eigenvalue weighted by Crippen LogP contribution is 2.48. The van der Waals surface area contributed by atoms with Crippen molar-refractivity contribution in [1.82, 2.24) is 0 Å². The lowest BCUT2D eigenvalue weighted by Crippen LogP contribution is -2.38. The first-order valence-electron chi connectivity index (χ1n) is 5.27. The van der Waals surface area contributed by atoms with Crippen LogP contribution < -0.4 is 4.74 Å². The van der Waals surface area contributed by atoms with Gasteiger partial charge in [0, 0.05) is 15.5 Å². The molecule has 88 valence electrons. The van der Waals surface area contributed by atoms with E-state index in [1.165, 1.54) is 13.2 Å². The second-order valence-corrected chi connectivity index (χ2v) is 5.18. The fourth-order valence-electron chi connectivity index (χ4n) is 2.28. The van der Waals surface area contributed by atoms with Crippen LogP contribution in [-0.2, 0) is 5.41 Å². The molecule has 1 aliphatic rings. The third kappa shape index (κ3) is 1.74. The van der Waals surface area contributed by atoms with Crippen LogP contribution >= 0.6 is 15.9 Å². The quantitative estimate of drug-likeness (QED) is 0.927. The van der Waals surface area contributed by atoms with Gasteiger partial charge in [-0.3, -0.25) is 0 Å². The number of halogens is 2. The highest BCUT2D eigenvalue weighted by atomic mass is 79.9. The van der Waals surface area contributed by atoms with E-state index in [-0.39, 0.29) is 23.6 Å². The topological polar surface area (TPSA) is 29.5 Å². The molecule has 0 unspecified atom stereocenters. The van der Waals surface area contributed by atoms with E-state index in [0.717, 1.165) is 24.8 Å². The molecule has 0 saturated heterocycles. The molecule has 4 heteroatoms. The molecule has 0 amide bonds. The molecule has 1 aromatic carbocycles. The third-order valence-electron chi connectivity index (χ3n) is 3.40. The van der Waals surface area contributed by atoms with Gasteiger partial charge in [-0.2, -0.15) is 0 Å². The number of aliphatic hydroxyl groups is 1. The summed E-state index contributed by atoms with van der Waals surface area (Å²) in [6, 6.07) is 3.23. The Balaban J connectivity index is 2.53. The van der Waals surface area contributed by atoms with Crippen molar-refractivity contribution in [2.45, 2.75) is 24.7 Å². The maximum atomic E-state index is 13.7. The van der Waals surface area contributed by atoms with Crippen molar-refractivity contribution in [2.24, 2.45) is 0 Å². The van der Waals surface area contributed by atoms with Crippen LogP contribution in [0, 0.1) is 5.82 Å². The summed E-state index contributed by atoms with van der Waals surface area (Å²) in [5.41, 5.74) is 0.464. The van der Waals surface area contributed by atoms with Crippen molar-refractivity contribution < 1.29 is 14.2 Å². The van der Waals surface area contributed by atoms with Crippen LogP contribution in [-0.4, -0.2) is 18.8 Å². The van der Waals surface area contributed by atoms with Crippen molar-refractivity contribution in [3.05, 3.63) is 28.0 Å². The average molecular weight is 289 g/mol. The van der Waals surface area contributed by atoms with E-state index in [0.29, 0.717) is 4.47 Å². The molecule has 2 rings (SSSR count). The summed E-state index contributed by atoms with van der Waals surface area (Å²) in [6.45, 7) is 0.0409. The predicted octanol–water partition coefficient (Wildman–Crippen LogP) is 3.01. The number of ether oxygens (including phenoxy) is 1. The van der Waals surface area contributed by atoms with Gasteiger partial charge in [0.15, 0.2) is 11.6 Å². The standard InChI is InChI=1S/C12H14BrFO2/c1-16-11-9(5-8(13)6-10(11)14)12(7-15)3-2-4-12/h5-6,15H,2-4,7H2,1H3. The molecular formula is C12H14BrFO2. The zero-order chi connectivity index (χ0) is 11.8. The van der Waals surface area contributed by atoms with Gasteiger partial charge in [-0.1, -0.05) is 22.4 Å². The predicted molar refractivity (Wildman–Crippen MR) is 63.3 cm³/mol. The Labute approximate surface area is 103 Å². The molecule has 0 aromatic heterocycles. The van der Waals surface area contributed by atoms with Crippen molar-refractivity contribution in [1.29, 1.82) is 0 Å². The smallest absolute Gasteiger partial charge is 0.166 e. The SMILES string of the molecule is COc1c(F)cc(Br)cc1C1(CO)CCC1. The van der Waals surface area contributed by atoms with Gasteiger partial charge in [0.1, 0.15) is 0 Å². The lowest BCUT2D eigenvalue weighted by molar-refractivity contribution is 0.116. The zero-order valence-electron chi connectivity index (χ0n) is 9.09. The van der Waals surface area contributed by atoms with Crippen LogP contribution in [0.4, 0.5) is 4.39 Å². The van der Waals surface area contributed by atoms with Gasteiger partial charge in [0.05, 0.1) is 13.7 Å². The fourth-order valence-corrected chi connectivity index (χ4v) is 2.71. The molecule has 2 nitrogen and oxygen atoms in total. The molecule has 0 spiro atoms. The van der Waals surface area contributed by atoms with Crippen molar-refractivity contribution >= 4 is 15.9 Å². The highest BCUT2D eigenvalue weighted by Gasteiger charge is 2.41. The first-order valence-corrected chi connectivity index (χ1v) is 6.06. The Kier molecular flexibility index (Phi) is 3.22. The molecule has 1 saturated carbocycles. The molecule has 0 heterocycles. The summed E-state index contributed by atoms with van der Waals surface area (Å²) in [5, 5.41) is 9.50. The van der Waals surface area contributed by atoms with Crippen LogP contribution in [0.15, 0.2) is 16.6 Å². The van der Waals surface area contributed by atoms with E-state index >= 15 is 0 Å². The third-order valence-corrected chi connectivity index (χ3v) is 3.86. The molecule has 1 aliphatic carbocycles. The monoisotopic (exact) mass is 288 g/mol. The molecule has 1 fully saturated rings. The van der Waals surface area contributed by atoms with Gasteiger partial charge >= 0.3 is 0 Å². The summed E-state index contributed by atoms with van der Waals surface area (Å²) in [4.78, 5) is 0. The van der Waals surface area contributed by atoms with Gasteiger partial charge < -0.3 is 9.84 Å². The Morgan fingerprint density at radius 2 is 2.19 bits per heavy atom. The largest absolute Gasteiger partial charge is 0.493 e. The number of aliphatic hydroxyl groups excluding tert-OH is 1. The van der Waals surface area contributed by atoms with Gasteiger partial charge in [-0.25, -0.2) is 4.39 Å². The molecule has 0 bridgehead atoms. The number of hydrogen-bond acceptors (Lipinski definition) is 2. The Bertz CT molecular complexity index is 397. The molecule has 1 aromatic rings. The molecule has 0 atom stereocenters. The molecule has 0 aliphatic heterocycles. The van der Waals surface area contributed by atoms with E-state index in [4.69, 9.17) is 4.74 Å². The number of hydrogen-bond donors (Lipinski definition) is 1. The first-order chi connectivity index (χ1) is 7.63. The number of benzene rings is 1. The maximum Gasteiger partial charge on any atom is 0.166 e. The highest BCUT2D eigenvalue weighted by molar-refractivity contribution is 9.10. The second-order valence-electron chi connectivity index (χ2n) is 4.26. The van der Waals surface area contributed by atoms with Gasteiger partial charge in [-0.05, 0) is 25.0 Å². The molecular weight excluding hydrogens is 275 g/mol. The van der Waals surface area contributed by atoms with E-state index < -0.39 is 0 Å². The Morgan fingerprint density at radius 1 is 1.50 bits per heavy atom. The second kappa shape index (κ2) is 4.34. The number of methoxy groups -OCH3 is 1. The van der Waals surface area contributed by atoms with Crippen molar-refractivity contribution in [3.63, 3.8) is 0 Å². The minimum atomic E-state index is -0.383.